The largest absolute Gasteiger partial charge is 0.417 e. The van der Waals surface area contributed by atoms with Crippen molar-refractivity contribution in [2.75, 3.05) is 44.3 Å². The summed E-state index contributed by atoms with van der Waals surface area (Å²) in [7, 11) is 0. The molecule has 1 aromatic rings. The molecule has 4 aliphatic rings. The van der Waals surface area contributed by atoms with Crippen LogP contribution in [0.25, 0.3) is 0 Å². The quantitative estimate of drug-likeness (QED) is 0.375. The summed E-state index contributed by atoms with van der Waals surface area (Å²) in [5, 5.41) is 6.43. The van der Waals surface area contributed by atoms with Crippen LogP contribution in [0.1, 0.15) is 43.2 Å². The number of piperazine rings is 1. The summed E-state index contributed by atoms with van der Waals surface area (Å²) in [4.78, 5) is 33.9. The van der Waals surface area contributed by atoms with Crippen molar-refractivity contribution < 1.29 is 40.7 Å². The van der Waals surface area contributed by atoms with Crippen molar-refractivity contribution in [2.45, 2.75) is 56.5 Å². The molecule has 5 rings (SSSR count). The van der Waals surface area contributed by atoms with Crippen molar-refractivity contribution >= 4 is 17.6 Å². The predicted molar refractivity (Wildman–Crippen MR) is 128 cm³/mol. The zero-order chi connectivity index (χ0) is 28.8. The van der Waals surface area contributed by atoms with E-state index in [0.29, 0.717) is 50.4 Å². The number of hydrogen-bond donors (Lipinski definition) is 0. The van der Waals surface area contributed by atoms with Crippen molar-refractivity contribution in [3.8, 4) is 0 Å². The number of carbonyl (C=O) groups excluding carboxylic acids is 2. The standard InChI is InChI=1S/C25H28F6N6O3/c1-14-8-17-12-35(5-6-37(17)22-18(14)9-15(10-32-22)24(26,27)28)20(38)3-7-40-13-16-2-4-36(16)19-11-33-34-23(39)21(19)25(29,30)31/h9-11,14,16-17,21H,2-8,12-13H2,1H3/t14-,16-,17-,21?/m0/s1. The van der Waals surface area contributed by atoms with Gasteiger partial charge in [0.15, 0.2) is 5.92 Å². The summed E-state index contributed by atoms with van der Waals surface area (Å²) < 4.78 is 85.3. The lowest BCUT2D eigenvalue weighted by molar-refractivity contribution is -0.179. The number of likely N-dealkylation sites (tertiary alicyclic amines) is 1. The topological polar surface area (TPSA) is 90.7 Å². The summed E-state index contributed by atoms with van der Waals surface area (Å²) in [6.07, 6.45) is -6.19. The second-order valence-corrected chi connectivity index (χ2v) is 10.5. The Labute approximate surface area is 225 Å². The van der Waals surface area contributed by atoms with Crippen molar-refractivity contribution in [2.24, 2.45) is 16.1 Å². The monoisotopic (exact) mass is 574 g/mol. The third kappa shape index (κ3) is 5.52. The molecule has 1 aromatic heterocycles. The number of alkyl halides is 6. The van der Waals surface area contributed by atoms with Gasteiger partial charge in [0.05, 0.1) is 43.1 Å². The first-order chi connectivity index (χ1) is 18.8. The normalized spacial score (nSPS) is 26.7. The molecule has 0 bridgehead atoms. The summed E-state index contributed by atoms with van der Waals surface area (Å²) in [6.45, 7) is 3.60. The SMILES string of the molecule is C[C@H]1C[C@H]2CN(C(=O)CCOC[C@@H]3CCN3C3=CN=NC(=O)C3C(F)(F)F)CCN2c2ncc(C(F)(F)F)cc21. The van der Waals surface area contributed by atoms with Crippen molar-refractivity contribution in [3.05, 3.63) is 35.3 Å². The number of rotatable bonds is 6. The molecule has 0 spiro atoms. The summed E-state index contributed by atoms with van der Waals surface area (Å²) in [6, 6.07) is 0.723. The average Bonchev–Trinajstić information content (AvgIpc) is 2.86. The Hall–Kier alpha value is -3.23. The fourth-order valence-electron chi connectivity index (χ4n) is 5.77. The molecule has 0 saturated carbocycles. The third-order valence-electron chi connectivity index (χ3n) is 7.95. The van der Waals surface area contributed by atoms with Gasteiger partial charge in [0, 0.05) is 38.4 Å². The highest BCUT2D eigenvalue weighted by atomic mass is 19.4. The van der Waals surface area contributed by atoms with Gasteiger partial charge in [-0.05, 0) is 30.4 Å². The second kappa shape index (κ2) is 10.6. The Morgan fingerprint density at radius 2 is 1.90 bits per heavy atom. The molecule has 0 radical (unpaired) electrons. The van der Waals surface area contributed by atoms with E-state index >= 15 is 0 Å². The van der Waals surface area contributed by atoms with E-state index in [2.05, 4.69) is 15.2 Å². The van der Waals surface area contributed by atoms with Gasteiger partial charge in [-0.15, -0.1) is 5.11 Å². The Balaban J connectivity index is 1.11. The van der Waals surface area contributed by atoms with E-state index in [4.69, 9.17) is 4.74 Å². The van der Waals surface area contributed by atoms with Crippen LogP contribution in [0.5, 0.6) is 0 Å². The van der Waals surface area contributed by atoms with E-state index in [1.54, 1.807) is 4.90 Å². The van der Waals surface area contributed by atoms with Crippen LogP contribution < -0.4 is 4.90 Å². The van der Waals surface area contributed by atoms with Gasteiger partial charge in [-0.25, -0.2) is 4.98 Å². The van der Waals surface area contributed by atoms with E-state index in [1.807, 2.05) is 11.8 Å². The van der Waals surface area contributed by atoms with Gasteiger partial charge >= 0.3 is 12.4 Å². The van der Waals surface area contributed by atoms with E-state index in [9.17, 15) is 35.9 Å². The number of pyridine rings is 1. The van der Waals surface area contributed by atoms with E-state index in [-0.39, 0.29) is 49.2 Å². The summed E-state index contributed by atoms with van der Waals surface area (Å²) in [5.41, 5.74) is -0.457. The Kier molecular flexibility index (Phi) is 7.52. The van der Waals surface area contributed by atoms with Crippen molar-refractivity contribution in [1.82, 2.24) is 14.8 Å². The van der Waals surface area contributed by atoms with Gasteiger partial charge < -0.3 is 19.4 Å². The van der Waals surface area contributed by atoms with Crippen LogP contribution >= 0.6 is 0 Å². The van der Waals surface area contributed by atoms with E-state index < -0.39 is 29.7 Å². The number of azo groups is 1. The summed E-state index contributed by atoms with van der Waals surface area (Å²) >= 11 is 0. The fraction of sp³-hybridized carbons (Fsp3) is 0.640. The van der Waals surface area contributed by atoms with Crippen LogP contribution in [-0.2, 0) is 20.5 Å². The molecule has 40 heavy (non-hydrogen) atoms. The lowest BCUT2D eigenvalue weighted by Crippen LogP contribution is -2.57. The number of amides is 2. The molecule has 4 atom stereocenters. The van der Waals surface area contributed by atoms with Gasteiger partial charge in [0.25, 0.3) is 5.91 Å². The maximum absolute atomic E-state index is 13.4. The summed E-state index contributed by atoms with van der Waals surface area (Å²) in [5.74, 6) is -3.45. The predicted octanol–water partition coefficient (Wildman–Crippen LogP) is 4.12. The first-order valence-electron chi connectivity index (χ1n) is 13.0. The second-order valence-electron chi connectivity index (χ2n) is 10.5. The van der Waals surface area contributed by atoms with Gasteiger partial charge in [0.2, 0.25) is 5.91 Å². The molecule has 0 aliphatic carbocycles. The minimum Gasteiger partial charge on any atom is -0.379 e. The number of fused-ring (bicyclic) bond motifs is 3. The van der Waals surface area contributed by atoms with Gasteiger partial charge in [-0.2, -0.15) is 31.5 Å². The smallest absolute Gasteiger partial charge is 0.379 e. The molecule has 4 aliphatic heterocycles. The minimum absolute atomic E-state index is 0.0703. The maximum atomic E-state index is 13.4. The van der Waals surface area contributed by atoms with Crippen LogP contribution in [0, 0.1) is 5.92 Å². The molecule has 15 heteroatoms. The minimum atomic E-state index is -4.78. The van der Waals surface area contributed by atoms with Crippen LogP contribution in [0.15, 0.2) is 34.4 Å². The molecular weight excluding hydrogens is 546 g/mol. The molecule has 2 amide bonds. The number of nitrogens with zero attached hydrogens (tertiary/aromatic N) is 6. The lowest BCUT2D eigenvalue weighted by atomic mass is 9.87. The number of carbonyl (C=O) groups is 2. The molecule has 1 unspecified atom stereocenters. The van der Waals surface area contributed by atoms with E-state index in [0.717, 1.165) is 18.5 Å². The molecule has 218 valence electrons. The van der Waals surface area contributed by atoms with Crippen LogP contribution in [0.3, 0.4) is 0 Å². The van der Waals surface area contributed by atoms with Crippen molar-refractivity contribution in [3.63, 3.8) is 0 Å². The molecule has 5 heterocycles. The number of halogens is 6. The first kappa shape index (κ1) is 28.3. The van der Waals surface area contributed by atoms with Crippen LogP contribution in [0.4, 0.5) is 32.2 Å². The van der Waals surface area contributed by atoms with Gasteiger partial charge in [0.1, 0.15) is 5.82 Å². The highest BCUT2D eigenvalue weighted by Gasteiger charge is 2.52. The van der Waals surface area contributed by atoms with E-state index in [1.165, 1.54) is 4.90 Å². The molecule has 2 fully saturated rings. The molecular formula is C25H28F6N6O3. The van der Waals surface area contributed by atoms with Gasteiger partial charge in [-0.3, -0.25) is 9.59 Å². The molecule has 2 saturated heterocycles. The highest BCUT2D eigenvalue weighted by Crippen LogP contribution is 2.42. The fourth-order valence-corrected chi connectivity index (χ4v) is 5.77. The zero-order valence-corrected chi connectivity index (χ0v) is 21.6. The van der Waals surface area contributed by atoms with Gasteiger partial charge in [-0.1, -0.05) is 6.92 Å². The lowest BCUT2D eigenvalue weighted by Gasteiger charge is -2.47. The first-order valence-corrected chi connectivity index (χ1v) is 13.0. The Morgan fingerprint density at radius 1 is 1.12 bits per heavy atom. The molecule has 9 nitrogen and oxygen atoms in total. The number of ether oxygens (including phenoxy) is 1. The molecule has 0 N–H and O–H groups in total. The zero-order valence-electron chi connectivity index (χ0n) is 21.6. The number of hydrogen-bond acceptors (Lipinski definition) is 7. The highest BCUT2D eigenvalue weighted by molar-refractivity contribution is 5.83. The van der Waals surface area contributed by atoms with Crippen LogP contribution in [-0.4, -0.2) is 84.3 Å². The van der Waals surface area contributed by atoms with Crippen molar-refractivity contribution in [1.29, 1.82) is 0 Å². The van der Waals surface area contributed by atoms with Crippen LogP contribution in [0.2, 0.25) is 0 Å². The Bertz CT molecular complexity index is 1220. The number of anilines is 1. The number of aromatic nitrogens is 1. The Morgan fingerprint density at radius 3 is 2.58 bits per heavy atom. The maximum Gasteiger partial charge on any atom is 0.417 e. The third-order valence-corrected chi connectivity index (χ3v) is 7.95. The molecule has 0 aromatic carbocycles. The average molecular weight is 575 g/mol.